The van der Waals surface area contributed by atoms with Crippen LogP contribution in [-0.4, -0.2) is 40.7 Å². The number of benzene rings is 1. The number of fused-ring (bicyclic) bond motifs is 1. The molecule has 6 rings (SSSR count). The van der Waals surface area contributed by atoms with Gasteiger partial charge in [0.15, 0.2) is 17.2 Å². The van der Waals surface area contributed by atoms with Gasteiger partial charge in [-0.05, 0) is 36.5 Å². The normalized spacial score (nSPS) is 13.8. The first-order valence-electron chi connectivity index (χ1n) is 12.0. The number of halogens is 3. The van der Waals surface area contributed by atoms with Gasteiger partial charge >= 0.3 is 11.9 Å². The molecule has 1 aromatic carbocycles. The van der Waals surface area contributed by atoms with E-state index >= 15 is 0 Å². The Kier molecular flexibility index (Phi) is 5.73. The highest BCUT2D eigenvalue weighted by Gasteiger charge is 2.34. The lowest BCUT2D eigenvalue weighted by Gasteiger charge is -2.09. The fourth-order valence-electron chi connectivity index (χ4n) is 4.19. The van der Waals surface area contributed by atoms with E-state index in [2.05, 4.69) is 24.9 Å². The van der Waals surface area contributed by atoms with Crippen LogP contribution in [0.2, 0.25) is 0 Å². The largest absolute Gasteiger partial charge is 0.477 e. The molecular formula is C26H22F3N7O2. The summed E-state index contributed by atoms with van der Waals surface area (Å²) in [5.74, 6) is 1.58. The van der Waals surface area contributed by atoms with Crippen LogP contribution in [0.3, 0.4) is 0 Å². The van der Waals surface area contributed by atoms with Gasteiger partial charge in [0, 0.05) is 25.0 Å². The highest BCUT2D eigenvalue weighted by atomic mass is 19.4. The van der Waals surface area contributed by atoms with Crippen molar-refractivity contribution in [3.05, 3.63) is 76.7 Å². The molecule has 0 unspecified atom stereocenters. The molecule has 0 radical (unpaired) electrons. The standard InChI is InChI=1S/C26H22F3N7O2/c1-35-13-20(26(27,28)29)33-22(35)17-8-6-15(7-9-17)12-36-23-19(32-25(36)37)11-31-21(34-23)18-3-2-10-30-24(18)38-14-16-4-5-16/h2-3,6-11,13,16H,4-5,12,14H2,1H3,(H,32,37). The minimum Gasteiger partial charge on any atom is -0.477 e. The molecule has 5 aromatic rings. The predicted molar refractivity (Wildman–Crippen MR) is 132 cm³/mol. The molecule has 194 valence electrons. The Labute approximate surface area is 214 Å². The van der Waals surface area contributed by atoms with Crippen LogP contribution in [0.5, 0.6) is 5.88 Å². The number of pyridine rings is 1. The van der Waals surface area contributed by atoms with E-state index in [1.54, 1.807) is 42.7 Å². The molecular weight excluding hydrogens is 499 g/mol. The summed E-state index contributed by atoms with van der Waals surface area (Å²) in [7, 11) is 1.51. The van der Waals surface area contributed by atoms with E-state index in [-0.39, 0.29) is 18.1 Å². The first-order valence-corrected chi connectivity index (χ1v) is 12.0. The fourth-order valence-corrected chi connectivity index (χ4v) is 4.19. The number of alkyl halides is 3. The molecule has 12 heteroatoms. The molecule has 4 aromatic heterocycles. The Balaban J connectivity index is 1.29. The maximum absolute atomic E-state index is 13.0. The van der Waals surface area contributed by atoms with Crippen LogP contribution < -0.4 is 10.4 Å². The molecule has 9 nitrogen and oxygen atoms in total. The van der Waals surface area contributed by atoms with Gasteiger partial charge in [0.2, 0.25) is 5.88 Å². The number of aromatic amines is 1. The second kappa shape index (κ2) is 9.12. The molecule has 1 aliphatic rings. The summed E-state index contributed by atoms with van der Waals surface area (Å²) in [5.41, 5.74) is 1.51. The zero-order chi connectivity index (χ0) is 26.4. The predicted octanol–water partition coefficient (Wildman–Crippen LogP) is 4.44. The Bertz CT molecular complexity index is 1680. The second-order valence-electron chi connectivity index (χ2n) is 9.31. The van der Waals surface area contributed by atoms with Crippen molar-refractivity contribution in [2.45, 2.75) is 25.6 Å². The average Bonchev–Trinajstić information content (AvgIpc) is 3.57. The van der Waals surface area contributed by atoms with Crippen LogP contribution in [-0.2, 0) is 19.8 Å². The van der Waals surface area contributed by atoms with Gasteiger partial charge in [-0.2, -0.15) is 13.2 Å². The molecule has 1 fully saturated rings. The van der Waals surface area contributed by atoms with Crippen molar-refractivity contribution in [3.8, 4) is 28.7 Å². The van der Waals surface area contributed by atoms with Crippen LogP contribution in [0.15, 0.2) is 59.8 Å². The van der Waals surface area contributed by atoms with Crippen molar-refractivity contribution in [1.29, 1.82) is 0 Å². The quantitative estimate of drug-likeness (QED) is 0.340. The third-order valence-corrected chi connectivity index (χ3v) is 6.40. The van der Waals surface area contributed by atoms with E-state index in [9.17, 15) is 18.0 Å². The monoisotopic (exact) mass is 521 g/mol. The Hall–Kier alpha value is -4.48. The zero-order valence-electron chi connectivity index (χ0n) is 20.2. The molecule has 0 amide bonds. The van der Waals surface area contributed by atoms with Gasteiger partial charge in [-0.1, -0.05) is 24.3 Å². The van der Waals surface area contributed by atoms with Crippen LogP contribution in [0.4, 0.5) is 13.2 Å². The minimum absolute atomic E-state index is 0.196. The molecule has 0 atom stereocenters. The molecule has 1 N–H and O–H groups in total. The number of aromatic nitrogens is 7. The molecule has 1 aliphatic carbocycles. The number of hydrogen-bond acceptors (Lipinski definition) is 6. The van der Waals surface area contributed by atoms with Gasteiger partial charge in [-0.3, -0.25) is 4.57 Å². The highest BCUT2D eigenvalue weighted by Crippen LogP contribution is 2.32. The van der Waals surface area contributed by atoms with Gasteiger partial charge in [0.1, 0.15) is 11.3 Å². The first kappa shape index (κ1) is 23.9. The van der Waals surface area contributed by atoms with Gasteiger partial charge < -0.3 is 14.3 Å². The average molecular weight is 522 g/mol. The maximum atomic E-state index is 13.0. The first-order chi connectivity index (χ1) is 18.3. The molecule has 1 saturated carbocycles. The molecule has 0 bridgehead atoms. The minimum atomic E-state index is -4.52. The highest BCUT2D eigenvalue weighted by molar-refractivity contribution is 5.74. The van der Waals surface area contributed by atoms with Gasteiger partial charge in [0.05, 0.1) is 24.9 Å². The van der Waals surface area contributed by atoms with Crippen molar-refractivity contribution < 1.29 is 17.9 Å². The van der Waals surface area contributed by atoms with E-state index in [1.807, 2.05) is 6.07 Å². The second-order valence-corrected chi connectivity index (χ2v) is 9.31. The summed E-state index contributed by atoms with van der Waals surface area (Å²) in [6, 6.07) is 10.4. The van der Waals surface area contributed by atoms with E-state index in [0.717, 1.165) is 24.6 Å². The maximum Gasteiger partial charge on any atom is 0.434 e. The van der Waals surface area contributed by atoms with Crippen molar-refractivity contribution >= 4 is 11.2 Å². The number of H-pyrrole nitrogens is 1. The zero-order valence-corrected chi connectivity index (χ0v) is 20.2. The lowest BCUT2D eigenvalue weighted by atomic mass is 10.1. The van der Waals surface area contributed by atoms with Crippen molar-refractivity contribution in [2.24, 2.45) is 13.0 Å². The lowest BCUT2D eigenvalue weighted by Crippen LogP contribution is -2.17. The lowest BCUT2D eigenvalue weighted by molar-refractivity contribution is -0.140. The fraction of sp³-hybridized carbons (Fsp3) is 0.269. The SMILES string of the molecule is Cn1cc(C(F)(F)F)nc1-c1ccc(Cn2c(=O)[nH]c3cnc(-c4cccnc4OCC4CC4)nc32)cc1. The van der Waals surface area contributed by atoms with Gasteiger partial charge in [-0.15, -0.1) is 0 Å². The van der Waals surface area contributed by atoms with Crippen molar-refractivity contribution in [3.63, 3.8) is 0 Å². The van der Waals surface area contributed by atoms with Crippen LogP contribution in [0.1, 0.15) is 24.1 Å². The third-order valence-electron chi connectivity index (χ3n) is 6.40. The number of rotatable bonds is 7. The summed E-state index contributed by atoms with van der Waals surface area (Å²) in [6.45, 7) is 0.787. The van der Waals surface area contributed by atoms with Crippen molar-refractivity contribution in [2.75, 3.05) is 6.61 Å². The van der Waals surface area contributed by atoms with E-state index in [4.69, 9.17) is 4.74 Å². The summed E-state index contributed by atoms with van der Waals surface area (Å²) >= 11 is 0. The number of ether oxygens (including phenoxy) is 1. The van der Waals surface area contributed by atoms with E-state index in [1.165, 1.54) is 16.2 Å². The molecule has 38 heavy (non-hydrogen) atoms. The third kappa shape index (κ3) is 4.64. The molecule has 4 heterocycles. The Morgan fingerprint density at radius 3 is 2.61 bits per heavy atom. The Morgan fingerprint density at radius 2 is 1.89 bits per heavy atom. The molecule has 0 aliphatic heterocycles. The molecule has 0 spiro atoms. The topological polar surface area (TPSA) is 104 Å². The van der Waals surface area contributed by atoms with Crippen LogP contribution in [0.25, 0.3) is 33.9 Å². The number of hydrogen-bond donors (Lipinski definition) is 1. The van der Waals surface area contributed by atoms with E-state index in [0.29, 0.717) is 46.5 Å². The van der Waals surface area contributed by atoms with Crippen molar-refractivity contribution in [1.82, 2.24) is 34.1 Å². The summed E-state index contributed by atoms with van der Waals surface area (Å²) in [5, 5.41) is 0. The van der Waals surface area contributed by atoms with Gasteiger partial charge in [-0.25, -0.2) is 24.7 Å². The number of nitrogens with zero attached hydrogens (tertiary/aromatic N) is 6. The molecule has 0 saturated heterocycles. The number of nitrogens with one attached hydrogen (secondary N) is 1. The smallest absolute Gasteiger partial charge is 0.434 e. The summed E-state index contributed by atoms with van der Waals surface area (Å²) in [6.07, 6.45) is 1.93. The van der Waals surface area contributed by atoms with Crippen LogP contribution >= 0.6 is 0 Å². The van der Waals surface area contributed by atoms with E-state index < -0.39 is 11.9 Å². The number of aryl methyl sites for hydroxylation is 1. The summed E-state index contributed by atoms with van der Waals surface area (Å²) in [4.78, 5) is 32.6. The van der Waals surface area contributed by atoms with Gasteiger partial charge in [0.25, 0.3) is 0 Å². The Morgan fingerprint density at radius 1 is 1.11 bits per heavy atom. The van der Waals surface area contributed by atoms with Crippen LogP contribution in [0, 0.1) is 5.92 Å². The summed E-state index contributed by atoms with van der Waals surface area (Å²) < 4.78 is 47.8. The number of imidazole rings is 2.